The van der Waals surface area contributed by atoms with Crippen LogP contribution in [0, 0.1) is 0 Å². The molecule has 1 aliphatic rings. The summed E-state index contributed by atoms with van der Waals surface area (Å²) in [4.78, 5) is 15.0. The molecular formula is C21H19NO3. The average molecular weight is 333 g/mol. The lowest BCUT2D eigenvalue weighted by molar-refractivity contribution is -0.139. The fraction of sp³-hybridized carbons (Fsp3) is 0.238. The van der Waals surface area contributed by atoms with Crippen LogP contribution in [0.4, 0.5) is 0 Å². The Morgan fingerprint density at radius 2 is 1.88 bits per heavy atom. The summed E-state index contributed by atoms with van der Waals surface area (Å²) < 4.78 is 5.42. The number of rotatable bonds is 6. The number of fused-ring (bicyclic) bond motifs is 1. The molecule has 0 atom stereocenters. The maximum absolute atomic E-state index is 10.8. The number of carbonyl (C=O) groups is 1. The van der Waals surface area contributed by atoms with Crippen LogP contribution in [0.3, 0.4) is 0 Å². The van der Waals surface area contributed by atoms with Crippen molar-refractivity contribution >= 4 is 16.7 Å². The molecule has 0 radical (unpaired) electrons. The zero-order chi connectivity index (χ0) is 17.2. The summed E-state index contributed by atoms with van der Waals surface area (Å²) in [6.07, 6.45) is 6.59. The Labute approximate surface area is 146 Å². The summed E-state index contributed by atoms with van der Waals surface area (Å²) in [5.41, 5.74) is 3.54. The first-order valence-electron chi connectivity index (χ1n) is 8.50. The van der Waals surface area contributed by atoms with Gasteiger partial charge in [-0.2, -0.15) is 0 Å². The fourth-order valence-corrected chi connectivity index (χ4v) is 3.32. The van der Waals surface area contributed by atoms with Gasteiger partial charge in [-0.15, -0.1) is 0 Å². The second-order valence-electron chi connectivity index (χ2n) is 6.48. The Hall–Kier alpha value is -2.88. The maximum Gasteiger partial charge on any atom is 0.341 e. The van der Waals surface area contributed by atoms with E-state index in [1.807, 2.05) is 0 Å². The smallest absolute Gasteiger partial charge is 0.341 e. The molecule has 1 aromatic heterocycles. The molecule has 1 heterocycles. The number of ether oxygens (including phenoxy) is 1. The van der Waals surface area contributed by atoms with Crippen molar-refractivity contribution in [2.24, 2.45) is 0 Å². The van der Waals surface area contributed by atoms with Gasteiger partial charge >= 0.3 is 5.97 Å². The molecule has 2 aromatic carbocycles. The third-order valence-electron chi connectivity index (χ3n) is 4.66. The fourth-order valence-electron chi connectivity index (χ4n) is 3.32. The monoisotopic (exact) mass is 333 g/mol. The molecule has 1 saturated carbocycles. The van der Waals surface area contributed by atoms with Crippen molar-refractivity contribution in [1.82, 2.24) is 4.98 Å². The number of nitrogens with zero attached hydrogens (tertiary/aromatic N) is 1. The van der Waals surface area contributed by atoms with Crippen LogP contribution in [0.25, 0.3) is 10.8 Å². The molecule has 3 aromatic rings. The van der Waals surface area contributed by atoms with Gasteiger partial charge in [-0.25, -0.2) is 4.79 Å². The molecule has 1 N–H and O–H groups in total. The second kappa shape index (κ2) is 6.55. The van der Waals surface area contributed by atoms with E-state index in [-0.39, 0.29) is 6.61 Å². The minimum absolute atomic E-state index is 0.349. The molecule has 1 fully saturated rings. The van der Waals surface area contributed by atoms with Crippen molar-refractivity contribution in [2.75, 3.05) is 6.61 Å². The Balaban J connectivity index is 1.70. The maximum atomic E-state index is 10.8. The topological polar surface area (TPSA) is 59.4 Å². The van der Waals surface area contributed by atoms with Crippen molar-refractivity contribution in [3.05, 3.63) is 71.5 Å². The second-order valence-corrected chi connectivity index (χ2v) is 6.48. The summed E-state index contributed by atoms with van der Waals surface area (Å²) in [7, 11) is 0. The van der Waals surface area contributed by atoms with Crippen LogP contribution < -0.4 is 4.74 Å². The summed E-state index contributed by atoms with van der Waals surface area (Å²) in [5, 5.41) is 11.4. The van der Waals surface area contributed by atoms with Crippen LogP contribution >= 0.6 is 0 Å². The molecule has 25 heavy (non-hydrogen) atoms. The predicted molar refractivity (Wildman–Crippen MR) is 96.1 cm³/mol. The molecule has 0 unspecified atom stereocenters. The average Bonchev–Trinajstić information content (AvgIpc) is 3.46. The van der Waals surface area contributed by atoms with Crippen LogP contribution in [0.1, 0.15) is 35.4 Å². The molecule has 0 aliphatic heterocycles. The van der Waals surface area contributed by atoms with Crippen molar-refractivity contribution < 1.29 is 14.6 Å². The highest BCUT2D eigenvalue weighted by molar-refractivity contribution is 5.89. The number of carboxylic acids is 1. The van der Waals surface area contributed by atoms with Gasteiger partial charge in [0.15, 0.2) is 6.61 Å². The van der Waals surface area contributed by atoms with Gasteiger partial charge in [-0.3, -0.25) is 4.98 Å². The van der Waals surface area contributed by atoms with Crippen molar-refractivity contribution in [3.63, 3.8) is 0 Å². The van der Waals surface area contributed by atoms with E-state index in [2.05, 4.69) is 41.4 Å². The Morgan fingerprint density at radius 3 is 2.64 bits per heavy atom. The van der Waals surface area contributed by atoms with Crippen LogP contribution in [0.5, 0.6) is 5.75 Å². The zero-order valence-corrected chi connectivity index (χ0v) is 13.8. The summed E-state index contributed by atoms with van der Waals surface area (Å²) in [6, 6.07) is 14.6. The van der Waals surface area contributed by atoms with Gasteiger partial charge in [-0.1, -0.05) is 36.4 Å². The first-order valence-corrected chi connectivity index (χ1v) is 8.50. The van der Waals surface area contributed by atoms with Crippen molar-refractivity contribution in [1.29, 1.82) is 0 Å². The third kappa shape index (κ3) is 3.33. The van der Waals surface area contributed by atoms with Gasteiger partial charge in [0.2, 0.25) is 0 Å². The lowest BCUT2D eigenvalue weighted by Crippen LogP contribution is -2.10. The van der Waals surface area contributed by atoms with E-state index in [0.29, 0.717) is 18.1 Å². The van der Waals surface area contributed by atoms with E-state index < -0.39 is 5.97 Å². The van der Waals surface area contributed by atoms with Crippen LogP contribution in [-0.4, -0.2) is 22.7 Å². The molecule has 4 nitrogen and oxygen atoms in total. The number of hydrogen-bond acceptors (Lipinski definition) is 3. The van der Waals surface area contributed by atoms with Crippen molar-refractivity contribution in [2.45, 2.75) is 25.2 Å². The molecule has 0 spiro atoms. The predicted octanol–water partition coefficient (Wildman–Crippen LogP) is 4.17. The third-order valence-corrected chi connectivity index (χ3v) is 4.66. The molecule has 0 saturated heterocycles. The molecular weight excluding hydrogens is 314 g/mol. The first-order chi connectivity index (χ1) is 12.2. The lowest BCUT2D eigenvalue weighted by atomic mass is 9.94. The van der Waals surface area contributed by atoms with Gasteiger partial charge in [0.25, 0.3) is 0 Å². The first kappa shape index (κ1) is 15.6. The Morgan fingerprint density at radius 1 is 1.08 bits per heavy atom. The summed E-state index contributed by atoms with van der Waals surface area (Å²) >= 11 is 0. The van der Waals surface area contributed by atoms with E-state index in [4.69, 9.17) is 9.84 Å². The number of aliphatic carboxylic acids is 1. The number of pyridine rings is 1. The summed E-state index contributed by atoms with van der Waals surface area (Å²) in [6.45, 7) is -0.349. The minimum atomic E-state index is -0.984. The molecule has 4 heteroatoms. The van der Waals surface area contributed by atoms with Gasteiger partial charge in [-0.05, 0) is 46.7 Å². The largest absolute Gasteiger partial charge is 0.481 e. The molecule has 1 aliphatic carbocycles. The van der Waals surface area contributed by atoms with Crippen LogP contribution in [-0.2, 0) is 11.2 Å². The highest BCUT2D eigenvalue weighted by Crippen LogP contribution is 2.43. The SMILES string of the molecule is O=C(O)COc1ccncc1Cc1ccc(C2CC2)c2ccccc12. The molecule has 4 rings (SSSR count). The van der Waals surface area contributed by atoms with Crippen molar-refractivity contribution in [3.8, 4) is 5.75 Å². The number of hydrogen-bond donors (Lipinski definition) is 1. The quantitative estimate of drug-likeness (QED) is 0.735. The minimum Gasteiger partial charge on any atom is -0.481 e. The van der Waals surface area contributed by atoms with E-state index >= 15 is 0 Å². The van der Waals surface area contributed by atoms with Crippen LogP contribution in [0.15, 0.2) is 54.9 Å². The normalized spacial score (nSPS) is 13.8. The molecule has 0 amide bonds. The highest BCUT2D eigenvalue weighted by atomic mass is 16.5. The number of carboxylic acid groups (broad SMARTS) is 1. The number of benzene rings is 2. The Bertz CT molecular complexity index is 931. The van der Waals surface area contributed by atoms with E-state index in [1.165, 1.54) is 34.7 Å². The van der Waals surface area contributed by atoms with Gasteiger partial charge in [0, 0.05) is 24.4 Å². The molecule has 126 valence electrons. The van der Waals surface area contributed by atoms with Crippen LogP contribution in [0.2, 0.25) is 0 Å². The standard InChI is InChI=1S/C21H19NO3/c23-21(24)13-25-20-9-10-22-12-16(20)11-15-7-8-18(14-5-6-14)19-4-2-1-3-17(15)19/h1-4,7-10,12,14H,5-6,11,13H2,(H,23,24). The van der Waals surface area contributed by atoms with E-state index in [1.54, 1.807) is 18.5 Å². The van der Waals surface area contributed by atoms with Gasteiger partial charge in [0.05, 0.1) is 0 Å². The van der Waals surface area contributed by atoms with Gasteiger partial charge in [0.1, 0.15) is 5.75 Å². The highest BCUT2D eigenvalue weighted by Gasteiger charge is 2.25. The van der Waals surface area contributed by atoms with E-state index in [9.17, 15) is 4.79 Å². The lowest BCUT2D eigenvalue weighted by Gasteiger charge is -2.13. The Kier molecular flexibility index (Phi) is 4.10. The van der Waals surface area contributed by atoms with E-state index in [0.717, 1.165) is 5.56 Å². The number of aromatic nitrogens is 1. The molecule has 0 bridgehead atoms. The zero-order valence-electron chi connectivity index (χ0n) is 13.8. The van der Waals surface area contributed by atoms with Gasteiger partial charge < -0.3 is 9.84 Å². The summed E-state index contributed by atoms with van der Waals surface area (Å²) in [5.74, 6) is 0.293.